The summed E-state index contributed by atoms with van der Waals surface area (Å²) in [5.74, 6) is -6.92. The van der Waals surface area contributed by atoms with Crippen LogP contribution in [0.2, 0.25) is 0 Å². The van der Waals surface area contributed by atoms with Crippen molar-refractivity contribution in [3.05, 3.63) is 87.4 Å². The third-order valence-electron chi connectivity index (χ3n) is 11.9. The lowest BCUT2D eigenvalue weighted by atomic mass is 9.41. The molecule has 47 heavy (non-hydrogen) atoms. The fraction of sp³-hybridized carbons (Fsp3) is 0.513. The molecule has 0 aliphatic heterocycles. The molecule has 0 radical (unpaired) electrons. The predicted octanol–water partition coefficient (Wildman–Crippen LogP) is 6.57. The van der Waals surface area contributed by atoms with Crippen molar-refractivity contribution >= 4 is 17.3 Å². The topological polar surface area (TPSA) is 152 Å². The van der Waals surface area contributed by atoms with E-state index >= 15 is 0 Å². The summed E-state index contributed by atoms with van der Waals surface area (Å²) in [6.45, 7) is 13.3. The SMILES string of the molecule is CC(=O)C1=C(O)C(C(C)C)[C@@]2(C)[C@H](O)[C@]3(C)C(=C(O)[C@@]2(O)C1=O)C(=O)c1c(ccc(C(C)(C)CCCCc2ccccc2)c1O)[C@H]3C. The van der Waals surface area contributed by atoms with Gasteiger partial charge in [-0.3, -0.25) is 14.4 Å². The molecule has 2 aromatic rings. The largest absolute Gasteiger partial charge is 0.511 e. The minimum Gasteiger partial charge on any atom is -0.511 e. The number of fused-ring (bicyclic) bond motifs is 3. The zero-order valence-electron chi connectivity index (χ0n) is 28.6. The van der Waals surface area contributed by atoms with E-state index in [2.05, 4.69) is 12.1 Å². The van der Waals surface area contributed by atoms with Crippen LogP contribution in [0, 0.1) is 22.7 Å². The number of aryl methyl sites for hydroxylation is 1. The van der Waals surface area contributed by atoms with Crippen LogP contribution in [0.15, 0.2) is 65.1 Å². The third kappa shape index (κ3) is 4.58. The number of hydrogen-bond donors (Lipinski definition) is 5. The van der Waals surface area contributed by atoms with Crippen molar-refractivity contribution in [1.82, 2.24) is 0 Å². The van der Waals surface area contributed by atoms with E-state index in [9.17, 15) is 39.9 Å². The van der Waals surface area contributed by atoms with Gasteiger partial charge in [0.15, 0.2) is 17.2 Å². The Morgan fingerprint density at radius 2 is 1.60 bits per heavy atom. The normalized spacial score (nSPS) is 30.7. The maximum absolute atomic E-state index is 14.6. The summed E-state index contributed by atoms with van der Waals surface area (Å²) in [5, 5.41) is 59.8. The third-order valence-corrected chi connectivity index (χ3v) is 11.9. The molecule has 8 heteroatoms. The molecule has 0 heterocycles. The minimum atomic E-state index is -2.90. The van der Waals surface area contributed by atoms with Gasteiger partial charge >= 0.3 is 0 Å². The van der Waals surface area contributed by atoms with Crippen LogP contribution in [0.5, 0.6) is 5.75 Å². The van der Waals surface area contributed by atoms with Crippen molar-refractivity contribution in [3.8, 4) is 5.75 Å². The molecule has 0 bridgehead atoms. The molecule has 3 aliphatic rings. The van der Waals surface area contributed by atoms with Gasteiger partial charge in [0.1, 0.15) is 22.8 Å². The van der Waals surface area contributed by atoms with Crippen LogP contribution in [-0.4, -0.2) is 54.6 Å². The average Bonchev–Trinajstić information content (AvgIpc) is 2.99. The Labute approximate surface area is 276 Å². The number of ketones is 3. The standard InChI is InChI=1S/C39H48O8/c1-20(2)28-31(42)26(22(4)40)33(44)39(47)34(45)29-32(43)27-24(21(3)37(29,7)35(46)38(28,39)8)17-18-25(30(27)41)36(5,6)19-13-12-16-23-14-10-9-11-15-23/h9-11,14-15,17-18,20-21,28,35,41-42,45-47H,12-13,16,19H2,1-8H3/t21-,28?,35-,37+,38+,39+/m1/s1. The first kappa shape index (κ1) is 34.6. The number of hydrogen-bond acceptors (Lipinski definition) is 8. The van der Waals surface area contributed by atoms with E-state index in [1.54, 1.807) is 33.8 Å². The van der Waals surface area contributed by atoms with Gasteiger partial charge in [0.05, 0.1) is 17.2 Å². The summed E-state index contributed by atoms with van der Waals surface area (Å²) < 4.78 is 0. The second kappa shape index (κ2) is 11.4. The van der Waals surface area contributed by atoms with Crippen molar-refractivity contribution in [1.29, 1.82) is 0 Å². The highest BCUT2D eigenvalue weighted by molar-refractivity contribution is 6.25. The summed E-state index contributed by atoms with van der Waals surface area (Å²) in [5.41, 5.74) is -5.71. The van der Waals surface area contributed by atoms with Crippen molar-refractivity contribution < 1.29 is 39.9 Å². The molecule has 1 unspecified atom stereocenters. The van der Waals surface area contributed by atoms with Crippen LogP contribution in [0.25, 0.3) is 0 Å². The second-order valence-corrected chi connectivity index (χ2v) is 15.3. The molecule has 0 amide bonds. The molecule has 0 saturated heterocycles. The van der Waals surface area contributed by atoms with Gasteiger partial charge in [0.2, 0.25) is 5.78 Å². The Balaban J connectivity index is 1.63. The van der Waals surface area contributed by atoms with Gasteiger partial charge in [-0.1, -0.05) is 97.4 Å². The van der Waals surface area contributed by atoms with Crippen LogP contribution in [0.4, 0.5) is 0 Å². The van der Waals surface area contributed by atoms with Gasteiger partial charge in [0.25, 0.3) is 0 Å². The molecular formula is C39H48O8. The monoisotopic (exact) mass is 644 g/mol. The lowest BCUT2D eigenvalue weighted by Crippen LogP contribution is -2.73. The Morgan fingerprint density at radius 1 is 0.979 bits per heavy atom. The summed E-state index contributed by atoms with van der Waals surface area (Å²) in [4.78, 5) is 41.2. The van der Waals surface area contributed by atoms with E-state index in [4.69, 9.17) is 0 Å². The molecule has 5 rings (SSSR count). The first-order valence-corrected chi connectivity index (χ1v) is 16.6. The highest BCUT2D eigenvalue weighted by Gasteiger charge is 2.76. The number of aliphatic hydroxyl groups is 4. The van der Waals surface area contributed by atoms with Crippen molar-refractivity contribution in [2.75, 3.05) is 0 Å². The van der Waals surface area contributed by atoms with Gasteiger partial charge in [0, 0.05) is 22.3 Å². The van der Waals surface area contributed by atoms with E-state index in [-0.39, 0.29) is 16.9 Å². The second-order valence-electron chi connectivity index (χ2n) is 15.3. The van der Waals surface area contributed by atoms with E-state index < -0.39 is 80.1 Å². The Hall–Kier alpha value is -3.75. The minimum absolute atomic E-state index is 0.0420. The highest BCUT2D eigenvalue weighted by Crippen LogP contribution is 2.67. The fourth-order valence-electron chi connectivity index (χ4n) is 9.16. The molecule has 5 N–H and O–H groups in total. The fourth-order valence-corrected chi connectivity index (χ4v) is 9.16. The number of benzene rings is 2. The number of carbonyl (C=O) groups excluding carboxylic acids is 3. The smallest absolute Gasteiger partial charge is 0.209 e. The first-order chi connectivity index (χ1) is 21.8. The summed E-state index contributed by atoms with van der Waals surface area (Å²) >= 11 is 0. The molecule has 0 fully saturated rings. The number of allylic oxidation sites excluding steroid dienone is 1. The number of Topliss-reactive ketones (excluding diaryl/α,β-unsaturated/α-hetero) is 3. The highest BCUT2D eigenvalue weighted by atomic mass is 16.4. The van der Waals surface area contributed by atoms with Crippen LogP contribution < -0.4 is 0 Å². The molecular weight excluding hydrogens is 596 g/mol. The van der Waals surface area contributed by atoms with Gasteiger partial charge in [-0.2, -0.15) is 0 Å². The molecule has 0 saturated carbocycles. The number of phenols is 1. The predicted molar refractivity (Wildman–Crippen MR) is 178 cm³/mol. The number of carbonyl (C=O) groups is 3. The van der Waals surface area contributed by atoms with Gasteiger partial charge in [-0.05, 0) is 54.6 Å². The van der Waals surface area contributed by atoms with Crippen LogP contribution in [0.3, 0.4) is 0 Å². The zero-order chi connectivity index (χ0) is 35.0. The molecule has 2 aromatic carbocycles. The summed E-state index contributed by atoms with van der Waals surface area (Å²) in [7, 11) is 0. The summed E-state index contributed by atoms with van der Waals surface area (Å²) in [6.07, 6.45) is 1.83. The van der Waals surface area contributed by atoms with E-state index in [0.29, 0.717) is 11.1 Å². The van der Waals surface area contributed by atoms with Gasteiger partial charge < -0.3 is 25.5 Å². The van der Waals surface area contributed by atoms with E-state index in [1.807, 2.05) is 38.1 Å². The molecule has 3 aliphatic carbocycles. The summed E-state index contributed by atoms with van der Waals surface area (Å²) in [6, 6.07) is 13.8. The van der Waals surface area contributed by atoms with E-state index in [0.717, 1.165) is 32.6 Å². The van der Waals surface area contributed by atoms with Crippen LogP contribution in [-0.2, 0) is 21.4 Å². The van der Waals surface area contributed by atoms with E-state index in [1.165, 1.54) is 12.5 Å². The number of aliphatic hydroxyl groups excluding tert-OH is 3. The van der Waals surface area contributed by atoms with Gasteiger partial charge in [-0.25, -0.2) is 0 Å². The van der Waals surface area contributed by atoms with Crippen LogP contribution >= 0.6 is 0 Å². The number of aromatic hydroxyl groups is 1. The first-order valence-electron chi connectivity index (χ1n) is 16.6. The maximum atomic E-state index is 14.6. The molecule has 0 aromatic heterocycles. The molecule has 252 valence electrons. The Kier molecular flexibility index (Phi) is 8.42. The van der Waals surface area contributed by atoms with Crippen LogP contribution in [0.1, 0.15) is 108 Å². The number of unbranched alkanes of at least 4 members (excludes halogenated alkanes) is 1. The number of phenolic OH excluding ortho intramolecular Hbond substituents is 1. The van der Waals surface area contributed by atoms with Crippen molar-refractivity contribution in [2.45, 2.75) is 104 Å². The quantitative estimate of drug-likeness (QED) is 0.160. The van der Waals surface area contributed by atoms with Gasteiger partial charge in [-0.15, -0.1) is 0 Å². The zero-order valence-corrected chi connectivity index (χ0v) is 28.6. The van der Waals surface area contributed by atoms with Crippen molar-refractivity contribution in [3.63, 3.8) is 0 Å². The lowest BCUT2D eigenvalue weighted by molar-refractivity contribution is -0.211. The number of rotatable bonds is 8. The van der Waals surface area contributed by atoms with Crippen molar-refractivity contribution in [2.24, 2.45) is 22.7 Å². The average molecular weight is 645 g/mol. The Bertz CT molecular complexity index is 1720. The molecule has 0 spiro atoms. The Morgan fingerprint density at radius 3 is 2.17 bits per heavy atom. The maximum Gasteiger partial charge on any atom is 0.209 e. The molecule has 6 atom stereocenters. The lowest BCUT2D eigenvalue weighted by Gasteiger charge is -2.63. The molecule has 8 nitrogen and oxygen atoms in total.